The van der Waals surface area contributed by atoms with Crippen molar-refractivity contribution >= 4 is 11.6 Å². The molecule has 2 rings (SSSR count). The first-order valence-corrected chi connectivity index (χ1v) is 5.47. The number of aryl methyl sites for hydroxylation is 1. The second-order valence-electron chi connectivity index (χ2n) is 3.97. The molecular formula is C13H12FN3O2. The Labute approximate surface area is 109 Å². The van der Waals surface area contributed by atoms with Gasteiger partial charge in [-0.25, -0.2) is 9.37 Å². The van der Waals surface area contributed by atoms with E-state index in [1.807, 2.05) is 0 Å². The van der Waals surface area contributed by atoms with Crippen LogP contribution < -0.4 is 16.2 Å². The number of amides is 1. The summed E-state index contributed by atoms with van der Waals surface area (Å²) in [6.07, 6.45) is 1.41. The van der Waals surface area contributed by atoms with Crippen LogP contribution in [0.3, 0.4) is 0 Å². The lowest BCUT2D eigenvalue weighted by Crippen LogP contribution is -2.14. The van der Waals surface area contributed by atoms with Crippen molar-refractivity contribution in [3.05, 3.63) is 47.4 Å². The maximum Gasteiger partial charge on any atom is 0.255 e. The highest BCUT2D eigenvalue weighted by Gasteiger charge is 2.16. The number of benzene rings is 1. The molecule has 4 N–H and O–H groups in total. The number of nitrogens with zero attached hydrogens (tertiary/aromatic N) is 1. The van der Waals surface area contributed by atoms with Gasteiger partial charge in [-0.15, -0.1) is 0 Å². The second kappa shape index (κ2) is 4.93. The van der Waals surface area contributed by atoms with Gasteiger partial charge in [0.1, 0.15) is 17.1 Å². The minimum atomic E-state index is -0.902. The maximum atomic E-state index is 13.5. The van der Waals surface area contributed by atoms with E-state index in [2.05, 4.69) is 4.98 Å². The maximum absolute atomic E-state index is 13.5. The largest absolute Gasteiger partial charge is 0.438 e. The van der Waals surface area contributed by atoms with Crippen molar-refractivity contribution < 1.29 is 13.9 Å². The monoisotopic (exact) mass is 261 g/mol. The van der Waals surface area contributed by atoms with Crippen LogP contribution in [0.15, 0.2) is 30.5 Å². The molecular weight excluding hydrogens is 249 g/mol. The van der Waals surface area contributed by atoms with E-state index in [4.69, 9.17) is 16.2 Å². The zero-order valence-corrected chi connectivity index (χ0v) is 10.2. The summed E-state index contributed by atoms with van der Waals surface area (Å²) in [6, 6.07) is 5.66. The first kappa shape index (κ1) is 12.8. The fraction of sp³-hybridized carbons (Fsp3) is 0.0769. The Balaban J connectivity index is 2.44. The summed E-state index contributed by atoms with van der Waals surface area (Å²) < 4.78 is 19.0. The molecule has 0 aliphatic rings. The molecule has 1 amide bonds. The van der Waals surface area contributed by atoms with Crippen molar-refractivity contribution in [2.45, 2.75) is 6.92 Å². The van der Waals surface area contributed by atoms with Crippen molar-refractivity contribution in [1.82, 2.24) is 4.98 Å². The van der Waals surface area contributed by atoms with Crippen LogP contribution in [-0.4, -0.2) is 10.9 Å². The first-order valence-electron chi connectivity index (χ1n) is 5.47. The summed E-state index contributed by atoms with van der Waals surface area (Å²) in [7, 11) is 0. The van der Waals surface area contributed by atoms with E-state index < -0.39 is 11.7 Å². The molecule has 0 saturated carbocycles. The summed E-state index contributed by atoms with van der Waals surface area (Å²) in [5.41, 5.74) is 11.5. The lowest BCUT2D eigenvalue weighted by atomic mass is 10.2. The first-order chi connectivity index (χ1) is 8.99. The van der Waals surface area contributed by atoms with Gasteiger partial charge in [-0.3, -0.25) is 4.79 Å². The van der Waals surface area contributed by atoms with E-state index in [1.165, 1.54) is 18.3 Å². The Kier molecular flexibility index (Phi) is 3.33. The number of hydrogen-bond donors (Lipinski definition) is 2. The molecule has 0 spiro atoms. The van der Waals surface area contributed by atoms with Crippen LogP contribution in [0.5, 0.6) is 11.6 Å². The van der Waals surface area contributed by atoms with Gasteiger partial charge in [-0.1, -0.05) is 6.07 Å². The highest BCUT2D eigenvalue weighted by atomic mass is 19.1. The van der Waals surface area contributed by atoms with Gasteiger partial charge >= 0.3 is 0 Å². The molecule has 2 aromatic rings. The lowest BCUT2D eigenvalue weighted by molar-refractivity contribution is 0.0994. The average molecular weight is 261 g/mol. The Morgan fingerprint density at radius 1 is 1.42 bits per heavy atom. The zero-order chi connectivity index (χ0) is 14.0. The number of nitrogen functional groups attached to an aromatic ring is 1. The molecule has 6 heteroatoms. The van der Waals surface area contributed by atoms with E-state index in [0.717, 1.165) is 6.07 Å². The molecule has 0 bridgehead atoms. The Hall–Kier alpha value is -2.63. The smallest absolute Gasteiger partial charge is 0.255 e. The molecule has 0 aliphatic heterocycles. The van der Waals surface area contributed by atoms with Crippen LogP contribution in [0.2, 0.25) is 0 Å². The predicted octanol–water partition coefficient (Wildman–Crippen LogP) is 2.00. The summed E-state index contributed by atoms with van der Waals surface area (Å²) in [4.78, 5) is 15.2. The van der Waals surface area contributed by atoms with Gasteiger partial charge in [0.25, 0.3) is 5.91 Å². The molecule has 0 unspecified atom stereocenters. The lowest BCUT2D eigenvalue weighted by Gasteiger charge is -2.11. The number of carbonyl (C=O) groups excluding carboxylic acids is 1. The topological polar surface area (TPSA) is 91.2 Å². The average Bonchev–Trinajstić information content (AvgIpc) is 2.32. The second-order valence-corrected chi connectivity index (χ2v) is 3.97. The van der Waals surface area contributed by atoms with Crippen LogP contribution in [0.1, 0.15) is 15.9 Å². The minimum Gasteiger partial charge on any atom is -0.438 e. The summed E-state index contributed by atoms with van der Waals surface area (Å²) >= 11 is 0. The number of anilines is 1. The molecule has 1 aromatic heterocycles. The van der Waals surface area contributed by atoms with Gasteiger partial charge in [-0.2, -0.15) is 0 Å². The number of primary amides is 1. The van der Waals surface area contributed by atoms with Crippen molar-refractivity contribution in [1.29, 1.82) is 0 Å². The molecule has 98 valence electrons. The van der Waals surface area contributed by atoms with Crippen LogP contribution in [0.25, 0.3) is 0 Å². The molecule has 0 radical (unpaired) electrons. The quantitative estimate of drug-likeness (QED) is 0.884. The summed E-state index contributed by atoms with van der Waals surface area (Å²) in [6.45, 7) is 1.74. The Bertz CT molecular complexity index is 644. The number of aromatic nitrogens is 1. The third-order valence-corrected chi connectivity index (χ3v) is 2.48. The van der Waals surface area contributed by atoms with Gasteiger partial charge in [0.15, 0.2) is 0 Å². The number of hydrogen-bond acceptors (Lipinski definition) is 4. The van der Waals surface area contributed by atoms with Crippen molar-refractivity contribution in [3.63, 3.8) is 0 Å². The van der Waals surface area contributed by atoms with Crippen LogP contribution in [0.4, 0.5) is 10.1 Å². The molecule has 1 aromatic carbocycles. The highest BCUT2D eigenvalue weighted by molar-refractivity contribution is 5.96. The summed E-state index contributed by atoms with van der Waals surface area (Å²) in [5.74, 6) is -1.38. The molecule has 0 saturated heterocycles. The molecule has 0 aliphatic carbocycles. The number of ether oxygens (including phenoxy) is 1. The van der Waals surface area contributed by atoms with E-state index >= 15 is 0 Å². The van der Waals surface area contributed by atoms with Crippen molar-refractivity contribution in [2.75, 3.05) is 5.73 Å². The third kappa shape index (κ3) is 2.62. The standard InChI is InChI=1S/C13H12FN3O2/c1-7-5-8(15)6-17-13(7)19-10-4-2-3-9(14)11(10)12(16)18/h2-6H,15H2,1H3,(H2,16,18). The van der Waals surface area contributed by atoms with Crippen LogP contribution in [0, 0.1) is 12.7 Å². The SMILES string of the molecule is Cc1cc(N)cnc1Oc1cccc(F)c1C(N)=O. The number of rotatable bonds is 3. The van der Waals surface area contributed by atoms with Gasteiger partial charge < -0.3 is 16.2 Å². The fourth-order valence-electron chi connectivity index (χ4n) is 1.62. The zero-order valence-electron chi connectivity index (χ0n) is 10.2. The van der Waals surface area contributed by atoms with Crippen molar-refractivity contribution in [3.8, 4) is 11.6 Å². The molecule has 1 heterocycles. The number of halogens is 1. The van der Waals surface area contributed by atoms with Gasteiger partial charge in [0.05, 0.1) is 11.9 Å². The normalized spacial score (nSPS) is 10.2. The molecule has 5 nitrogen and oxygen atoms in total. The molecule has 0 atom stereocenters. The van der Waals surface area contributed by atoms with E-state index in [1.54, 1.807) is 13.0 Å². The van der Waals surface area contributed by atoms with Crippen LogP contribution >= 0.6 is 0 Å². The van der Waals surface area contributed by atoms with Gasteiger partial charge in [0.2, 0.25) is 5.88 Å². The fourth-order valence-corrected chi connectivity index (χ4v) is 1.62. The van der Waals surface area contributed by atoms with Crippen LogP contribution in [-0.2, 0) is 0 Å². The summed E-state index contributed by atoms with van der Waals surface area (Å²) in [5, 5.41) is 0. The third-order valence-electron chi connectivity index (χ3n) is 2.48. The molecule has 0 fully saturated rings. The Morgan fingerprint density at radius 3 is 2.79 bits per heavy atom. The van der Waals surface area contributed by atoms with E-state index in [-0.39, 0.29) is 17.2 Å². The van der Waals surface area contributed by atoms with E-state index in [0.29, 0.717) is 11.3 Å². The van der Waals surface area contributed by atoms with Crippen molar-refractivity contribution in [2.24, 2.45) is 5.73 Å². The predicted molar refractivity (Wildman–Crippen MR) is 68.4 cm³/mol. The molecule has 19 heavy (non-hydrogen) atoms. The Morgan fingerprint density at radius 2 is 2.16 bits per heavy atom. The number of nitrogens with two attached hydrogens (primary N) is 2. The van der Waals surface area contributed by atoms with Gasteiger partial charge in [-0.05, 0) is 25.1 Å². The number of carbonyl (C=O) groups is 1. The van der Waals surface area contributed by atoms with E-state index in [9.17, 15) is 9.18 Å². The number of pyridine rings is 1. The highest BCUT2D eigenvalue weighted by Crippen LogP contribution is 2.28. The minimum absolute atomic E-state index is 0.0212. The van der Waals surface area contributed by atoms with Gasteiger partial charge in [0, 0.05) is 5.56 Å².